The van der Waals surface area contributed by atoms with E-state index in [9.17, 15) is 15.4 Å². The molecule has 2 heterocycles. The first-order valence-corrected chi connectivity index (χ1v) is 6.64. The van der Waals surface area contributed by atoms with E-state index < -0.39 is 4.92 Å². The SMILES string of the molecule is N#Cc1nn(-c2cccc([N+](=O)[O-])c2)nc1N1CCOCC1. The van der Waals surface area contributed by atoms with E-state index in [4.69, 9.17) is 4.74 Å². The van der Waals surface area contributed by atoms with Crippen molar-refractivity contribution in [3.63, 3.8) is 0 Å². The first kappa shape index (κ1) is 14.0. The molecule has 9 nitrogen and oxygen atoms in total. The van der Waals surface area contributed by atoms with Crippen LogP contribution in [0.3, 0.4) is 0 Å². The van der Waals surface area contributed by atoms with E-state index in [2.05, 4.69) is 10.2 Å². The van der Waals surface area contributed by atoms with Gasteiger partial charge in [-0.15, -0.1) is 15.0 Å². The summed E-state index contributed by atoms with van der Waals surface area (Å²) in [5.41, 5.74) is 0.569. The van der Waals surface area contributed by atoms with E-state index in [0.29, 0.717) is 37.8 Å². The van der Waals surface area contributed by atoms with Gasteiger partial charge in [0.1, 0.15) is 6.07 Å². The number of aromatic nitrogens is 3. The average Bonchev–Trinajstić information content (AvgIpc) is 3.00. The maximum absolute atomic E-state index is 10.8. The first-order chi connectivity index (χ1) is 10.7. The lowest BCUT2D eigenvalue weighted by molar-refractivity contribution is -0.384. The number of nitrogens with zero attached hydrogens (tertiary/aromatic N) is 6. The molecular formula is C13H12N6O3. The second kappa shape index (κ2) is 5.79. The summed E-state index contributed by atoms with van der Waals surface area (Å²) in [6.45, 7) is 2.38. The van der Waals surface area contributed by atoms with Crippen LogP contribution < -0.4 is 4.90 Å². The van der Waals surface area contributed by atoms with Crippen molar-refractivity contribution < 1.29 is 9.66 Å². The number of hydrogen-bond donors (Lipinski definition) is 0. The summed E-state index contributed by atoms with van der Waals surface area (Å²) in [5, 5.41) is 28.5. The minimum Gasteiger partial charge on any atom is -0.378 e. The molecule has 0 aliphatic carbocycles. The molecule has 1 aliphatic heterocycles. The minimum absolute atomic E-state index is 0.0544. The Balaban J connectivity index is 1.98. The summed E-state index contributed by atoms with van der Waals surface area (Å²) >= 11 is 0. The van der Waals surface area contributed by atoms with Gasteiger partial charge in [-0.05, 0) is 6.07 Å². The first-order valence-electron chi connectivity index (χ1n) is 6.64. The predicted molar refractivity (Wildman–Crippen MR) is 75.8 cm³/mol. The lowest BCUT2D eigenvalue weighted by Gasteiger charge is -2.26. The van der Waals surface area contributed by atoms with Gasteiger partial charge >= 0.3 is 0 Å². The molecule has 9 heteroatoms. The van der Waals surface area contributed by atoms with Crippen molar-refractivity contribution >= 4 is 11.5 Å². The Morgan fingerprint density at radius 2 is 2.09 bits per heavy atom. The van der Waals surface area contributed by atoms with Gasteiger partial charge in [-0.3, -0.25) is 10.1 Å². The standard InChI is InChI=1S/C13H12N6O3/c14-9-12-13(17-4-6-22-7-5-17)16-18(15-12)10-2-1-3-11(8-10)19(20)21/h1-3,8H,4-7H2. The third-order valence-electron chi connectivity index (χ3n) is 3.28. The Morgan fingerprint density at radius 1 is 1.32 bits per heavy atom. The topological polar surface area (TPSA) is 110 Å². The fourth-order valence-electron chi connectivity index (χ4n) is 2.21. The van der Waals surface area contributed by atoms with Crippen molar-refractivity contribution in [2.24, 2.45) is 0 Å². The molecule has 112 valence electrons. The number of rotatable bonds is 3. The number of morpholine rings is 1. The third kappa shape index (κ3) is 2.59. The van der Waals surface area contributed by atoms with Crippen molar-refractivity contribution in [1.29, 1.82) is 5.26 Å². The maximum atomic E-state index is 10.8. The Bertz CT molecular complexity index is 744. The number of benzene rings is 1. The zero-order valence-corrected chi connectivity index (χ0v) is 11.5. The average molecular weight is 300 g/mol. The molecule has 1 saturated heterocycles. The number of nitro groups is 1. The van der Waals surface area contributed by atoms with Crippen molar-refractivity contribution in [2.45, 2.75) is 0 Å². The molecule has 1 aliphatic rings. The van der Waals surface area contributed by atoms with Gasteiger partial charge in [-0.2, -0.15) is 5.26 Å². The van der Waals surface area contributed by atoms with E-state index in [1.54, 1.807) is 12.1 Å². The van der Waals surface area contributed by atoms with Gasteiger partial charge in [-0.1, -0.05) is 6.07 Å². The second-order valence-electron chi connectivity index (χ2n) is 4.65. The molecule has 0 N–H and O–H groups in total. The van der Waals surface area contributed by atoms with Crippen molar-refractivity contribution in [3.05, 3.63) is 40.1 Å². The lowest BCUT2D eigenvalue weighted by atomic mass is 10.3. The van der Waals surface area contributed by atoms with Gasteiger partial charge in [0.15, 0.2) is 5.82 Å². The van der Waals surface area contributed by atoms with E-state index in [0.717, 1.165) is 0 Å². The summed E-state index contributed by atoms with van der Waals surface area (Å²) in [6.07, 6.45) is 0. The molecule has 1 aromatic heterocycles. The van der Waals surface area contributed by atoms with E-state index in [1.165, 1.54) is 16.9 Å². The highest BCUT2D eigenvalue weighted by Gasteiger charge is 2.21. The molecule has 0 bridgehead atoms. The van der Waals surface area contributed by atoms with Crippen LogP contribution in [0, 0.1) is 21.4 Å². The Labute approximate surface area is 125 Å². The fourth-order valence-corrected chi connectivity index (χ4v) is 2.21. The van der Waals surface area contributed by atoms with Gasteiger partial charge in [0, 0.05) is 25.2 Å². The number of nitro benzene ring substituents is 1. The summed E-state index contributed by atoms with van der Waals surface area (Å²) in [4.78, 5) is 13.5. The zero-order chi connectivity index (χ0) is 15.5. The normalized spacial score (nSPS) is 14.6. The molecular weight excluding hydrogens is 288 g/mol. The zero-order valence-electron chi connectivity index (χ0n) is 11.5. The molecule has 22 heavy (non-hydrogen) atoms. The predicted octanol–water partition coefficient (Wildman–Crippen LogP) is 0.884. The molecule has 0 spiro atoms. The number of non-ortho nitro benzene ring substituents is 1. The lowest BCUT2D eigenvalue weighted by Crippen LogP contribution is -2.37. The maximum Gasteiger partial charge on any atom is 0.271 e. The molecule has 1 aromatic carbocycles. The molecule has 0 atom stereocenters. The Hall–Kier alpha value is -2.99. The van der Waals surface area contributed by atoms with Crippen LogP contribution in [-0.4, -0.2) is 46.2 Å². The van der Waals surface area contributed by atoms with Crippen LogP contribution in [0.4, 0.5) is 11.5 Å². The van der Waals surface area contributed by atoms with Gasteiger partial charge in [-0.25, -0.2) is 0 Å². The highest BCUT2D eigenvalue weighted by atomic mass is 16.6. The Kier molecular flexibility index (Phi) is 3.67. The van der Waals surface area contributed by atoms with E-state index in [1.807, 2.05) is 11.0 Å². The molecule has 2 aromatic rings. The van der Waals surface area contributed by atoms with Gasteiger partial charge < -0.3 is 9.64 Å². The number of hydrogen-bond acceptors (Lipinski definition) is 7. The summed E-state index contributed by atoms with van der Waals surface area (Å²) in [5.74, 6) is 0.470. The largest absolute Gasteiger partial charge is 0.378 e. The van der Waals surface area contributed by atoms with E-state index in [-0.39, 0.29) is 11.4 Å². The summed E-state index contributed by atoms with van der Waals surface area (Å²) in [7, 11) is 0. The molecule has 0 amide bonds. The van der Waals surface area contributed by atoms with Crippen LogP contribution in [0.15, 0.2) is 24.3 Å². The summed E-state index contributed by atoms with van der Waals surface area (Å²) < 4.78 is 5.27. The minimum atomic E-state index is -0.485. The van der Waals surface area contributed by atoms with Crippen LogP contribution in [0.5, 0.6) is 0 Å². The second-order valence-corrected chi connectivity index (χ2v) is 4.65. The van der Waals surface area contributed by atoms with Gasteiger partial charge in [0.25, 0.3) is 5.69 Å². The monoisotopic (exact) mass is 300 g/mol. The van der Waals surface area contributed by atoms with E-state index >= 15 is 0 Å². The van der Waals surface area contributed by atoms with Gasteiger partial charge in [0.2, 0.25) is 5.69 Å². The molecule has 0 unspecified atom stereocenters. The van der Waals surface area contributed by atoms with Crippen molar-refractivity contribution in [1.82, 2.24) is 15.0 Å². The molecule has 0 saturated carbocycles. The molecule has 1 fully saturated rings. The van der Waals surface area contributed by atoms with Gasteiger partial charge in [0.05, 0.1) is 23.8 Å². The van der Waals surface area contributed by atoms with Crippen LogP contribution in [0.25, 0.3) is 5.69 Å². The smallest absolute Gasteiger partial charge is 0.271 e. The fraction of sp³-hybridized carbons (Fsp3) is 0.308. The molecule has 0 radical (unpaired) electrons. The van der Waals surface area contributed by atoms with Crippen molar-refractivity contribution in [3.8, 4) is 11.8 Å². The van der Waals surface area contributed by atoms with Crippen LogP contribution >= 0.6 is 0 Å². The summed E-state index contributed by atoms with van der Waals surface area (Å²) in [6, 6.07) is 7.97. The van der Waals surface area contributed by atoms with Crippen LogP contribution in [-0.2, 0) is 4.74 Å². The molecule has 3 rings (SSSR count). The highest BCUT2D eigenvalue weighted by molar-refractivity contribution is 5.51. The quantitative estimate of drug-likeness (QED) is 0.611. The van der Waals surface area contributed by atoms with Crippen molar-refractivity contribution in [2.75, 3.05) is 31.2 Å². The van der Waals surface area contributed by atoms with Crippen LogP contribution in [0.1, 0.15) is 5.69 Å². The third-order valence-corrected chi connectivity index (χ3v) is 3.28. The number of nitriles is 1. The highest BCUT2D eigenvalue weighted by Crippen LogP contribution is 2.20. The number of ether oxygens (including phenoxy) is 1. The number of anilines is 1. The Morgan fingerprint density at radius 3 is 2.77 bits per heavy atom. The van der Waals surface area contributed by atoms with Crippen LogP contribution in [0.2, 0.25) is 0 Å².